The number of aromatic nitrogens is 1. The van der Waals surface area contributed by atoms with Crippen molar-refractivity contribution in [1.29, 1.82) is 0 Å². The zero-order valence-corrected chi connectivity index (χ0v) is 16.8. The number of nitrogens with one attached hydrogen (secondary N) is 2. The van der Waals surface area contributed by atoms with E-state index in [9.17, 15) is 9.59 Å². The Hall–Kier alpha value is -3.67. The summed E-state index contributed by atoms with van der Waals surface area (Å²) in [7, 11) is 0. The fourth-order valence-corrected chi connectivity index (χ4v) is 3.08. The Morgan fingerprint density at radius 2 is 1.66 bits per heavy atom. The molecule has 0 saturated heterocycles. The van der Waals surface area contributed by atoms with Crippen molar-refractivity contribution in [2.45, 2.75) is 27.3 Å². The third kappa shape index (κ3) is 4.99. The summed E-state index contributed by atoms with van der Waals surface area (Å²) in [4.78, 5) is 23.8. The average Bonchev–Trinajstić information content (AvgIpc) is 3.01. The van der Waals surface area contributed by atoms with Gasteiger partial charge in [-0.05, 0) is 44.5 Å². The van der Waals surface area contributed by atoms with Crippen LogP contribution in [0.2, 0.25) is 0 Å². The molecule has 0 radical (unpaired) electrons. The molecular formula is C23H24N4O2. The minimum atomic E-state index is -0.801. The quantitative estimate of drug-likeness (QED) is 0.400. The molecule has 0 fully saturated rings. The van der Waals surface area contributed by atoms with Crippen molar-refractivity contribution in [2.24, 2.45) is 5.10 Å². The first kappa shape index (κ1) is 20.1. The SMILES string of the molecule is Cc1ccc(-n2c(C)cc(/C=N\NC(=O)C(=O)NCc3ccccc3)c2C)cc1. The lowest BCUT2D eigenvalue weighted by Gasteiger charge is -2.09. The second-order valence-electron chi connectivity index (χ2n) is 6.86. The van der Waals surface area contributed by atoms with Crippen LogP contribution in [-0.2, 0) is 16.1 Å². The van der Waals surface area contributed by atoms with Crippen LogP contribution in [0.1, 0.15) is 28.1 Å². The van der Waals surface area contributed by atoms with Crippen LogP contribution in [-0.4, -0.2) is 22.6 Å². The van der Waals surface area contributed by atoms with Crippen LogP contribution in [0, 0.1) is 20.8 Å². The number of hydrogen-bond donors (Lipinski definition) is 2. The maximum absolute atomic E-state index is 11.9. The summed E-state index contributed by atoms with van der Waals surface area (Å²) in [5.41, 5.74) is 8.38. The van der Waals surface area contributed by atoms with Crippen LogP contribution >= 0.6 is 0 Å². The van der Waals surface area contributed by atoms with Crippen molar-refractivity contribution in [3.63, 3.8) is 0 Å². The molecule has 1 heterocycles. The Labute approximate surface area is 170 Å². The normalized spacial score (nSPS) is 10.9. The van der Waals surface area contributed by atoms with Crippen LogP contribution in [0.15, 0.2) is 65.8 Å². The number of amides is 2. The summed E-state index contributed by atoms with van der Waals surface area (Å²) in [6.07, 6.45) is 1.55. The van der Waals surface area contributed by atoms with Crippen molar-refractivity contribution < 1.29 is 9.59 Å². The molecule has 0 aliphatic heterocycles. The lowest BCUT2D eigenvalue weighted by molar-refractivity contribution is -0.139. The van der Waals surface area contributed by atoms with Gasteiger partial charge in [-0.15, -0.1) is 0 Å². The summed E-state index contributed by atoms with van der Waals surface area (Å²) in [6.45, 7) is 6.34. The van der Waals surface area contributed by atoms with Crippen molar-refractivity contribution in [3.8, 4) is 5.69 Å². The number of aryl methyl sites for hydroxylation is 2. The Bertz CT molecular complexity index is 1030. The summed E-state index contributed by atoms with van der Waals surface area (Å²) >= 11 is 0. The van der Waals surface area contributed by atoms with Crippen molar-refractivity contribution in [3.05, 3.63) is 88.7 Å². The van der Waals surface area contributed by atoms with Crippen molar-refractivity contribution >= 4 is 18.0 Å². The molecule has 0 bridgehead atoms. The van der Waals surface area contributed by atoms with E-state index >= 15 is 0 Å². The molecule has 2 N–H and O–H groups in total. The molecule has 0 aliphatic carbocycles. The van der Waals surface area contributed by atoms with Gasteiger partial charge in [-0.1, -0.05) is 48.0 Å². The fourth-order valence-electron chi connectivity index (χ4n) is 3.08. The van der Waals surface area contributed by atoms with Gasteiger partial charge in [0.05, 0.1) is 6.21 Å². The molecule has 0 saturated carbocycles. The van der Waals surface area contributed by atoms with Gasteiger partial charge in [0, 0.05) is 29.2 Å². The summed E-state index contributed by atoms with van der Waals surface area (Å²) in [6, 6.07) is 19.6. The maximum atomic E-state index is 11.9. The van der Waals surface area contributed by atoms with E-state index in [0.717, 1.165) is 28.2 Å². The van der Waals surface area contributed by atoms with E-state index in [1.165, 1.54) is 5.56 Å². The number of carbonyl (C=O) groups excluding carboxylic acids is 2. The van der Waals surface area contributed by atoms with Crippen LogP contribution in [0.25, 0.3) is 5.69 Å². The molecule has 6 nitrogen and oxygen atoms in total. The van der Waals surface area contributed by atoms with E-state index in [1.807, 2.05) is 50.2 Å². The van der Waals surface area contributed by atoms with Crippen molar-refractivity contribution in [1.82, 2.24) is 15.3 Å². The molecule has 0 atom stereocenters. The van der Waals surface area contributed by atoms with Crippen LogP contribution < -0.4 is 10.7 Å². The number of hydrogen-bond acceptors (Lipinski definition) is 3. The van der Waals surface area contributed by atoms with Gasteiger partial charge in [-0.2, -0.15) is 5.10 Å². The molecule has 0 aliphatic rings. The summed E-state index contributed by atoms with van der Waals surface area (Å²) in [5, 5.41) is 6.51. The van der Waals surface area contributed by atoms with Gasteiger partial charge in [0.2, 0.25) is 0 Å². The highest BCUT2D eigenvalue weighted by molar-refractivity contribution is 6.35. The van der Waals surface area contributed by atoms with Gasteiger partial charge in [0.15, 0.2) is 0 Å². The number of nitrogens with zero attached hydrogens (tertiary/aromatic N) is 2. The van der Waals surface area contributed by atoms with Gasteiger partial charge in [0.25, 0.3) is 0 Å². The Morgan fingerprint density at radius 3 is 2.34 bits per heavy atom. The summed E-state index contributed by atoms with van der Waals surface area (Å²) < 4.78 is 2.12. The van der Waals surface area contributed by atoms with Crippen LogP contribution in [0.3, 0.4) is 0 Å². The minimum absolute atomic E-state index is 0.286. The molecule has 3 rings (SSSR count). The van der Waals surface area contributed by atoms with E-state index in [-0.39, 0.29) is 6.54 Å². The van der Waals surface area contributed by atoms with Gasteiger partial charge >= 0.3 is 11.8 Å². The Balaban J connectivity index is 1.61. The largest absolute Gasteiger partial charge is 0.344 e. The monoisotopic (exact) mass is 388 g/mol. The predicted molar refractivity (Wildman–Crippen MR) is 114 cm³/mol. The fraction of sp³-hybridized carbons (Fsp3) is 0.174. The molecule has 6 heteroatoms. The molecule has 2 amide bonds. The topological polar surface area (TPSA) is 75.5 Å². The van der Waals surface area contributed by atoms with Gasteiger partial charge < -0.3 is 9.88 Å². The summed E-state index contributed by atoms with van der Waals surface area (Å²) in [5.74, 6) is -1.53. The van der Waals surface area contributed by atoms with E-state index in [0.29, 0.717) is 0 Å². The number of rotatable bonds is 5. The molecule has 148 valence electrons. The van der Waals surface area contributed by atoms with E-state index < -0.39 is 11.8 Å². The van der Waals surface area contributed by atoms with Gasteiger partial charge in [0.1, 0.15) is 0 Å². The smallest absolute Gasteiger partial charge is 0.329 e. The molecule has 29 heavy (non-hydrogen) atoms. The lowest BCUT2D eigenvalue weighted by atomic mass is 10.2. The predicted octanol–water partition coefficient (Wildman–Crippen LogP) is 3.17. The van der Waals surface area contributed by atoms with Crippen molar-refractivity contribution in [2.75, 3.05) is 0 Å². The third-order valence-corrected chi connectivity index (χ3v) is 4.63. The highest BCUT2D eigenvalue weighted by Crippen LogP contribution is 2.20. The average molecular weight is 388 g/mol. The zero-order chi connectivity index (χ0) is 20.8. The molecule has 2 aromatic carbocycles. The number of carbonyl (C=O) groups is 2. The van der Waals surface area contributed by atoms with Gasteiger partial charge in [-0.25, -0.2) is 5.43 Å². The second kappa shape index (κ2) is 9.01. The van der Waals surface area contributed by atoms with E-state index in [4.69, 9.17) is 0 Å². The highest BCUT2D eigenvalue weighted by atomic mass is 16.2. The minimum Gasteiger partial charge on any atom is -0.344 e. The highest BCUT2D eigenvalue weighted by Gasteiger charge is 2.13. The Kier molecular flexibility index (Phi) is 6.24. The first-order chi connectivity index (χ1) is 14.0. The third-order valence-electron chi connectivity index (χ3n) is 4.63. The lowest BCUT2D eigenvalue weighted by Crippen LogP contribution is -2.37. The molecule has 3 aromatic rings. The Morgan fingerprint density at radius 1 is 0.966 bits per heavy atom. The van der Waals surface area contributed by atoms with E-state index in [2.05, 4.69) is 51.6 Å². The number of hydrazone groups is 1. The second-order valence-corrected chi connectivity index (χ2v) is 6.86. The number of benzene rings is 2. The zero-order valence-electron chi connectivity index (χ0n) is 16.8. The molecule has 0 spiro atoms. The standard InChI is InChI=1S/C23H24N4O2/c1-16-9-11-21(12-10-16)27-17(2)13-20(18(27)3)15-25-26-23(29)22(28)24-14-19-7-5-4-6-8-19/h4-13,15H,14H2,1-3H3,(H,24,28)(H,26,29)/b25-15-. The first-order valence-electron chi connectivity index (χ1n) is 9.37. The molecule has 0 unspecified atom stereocenters. The molecule has 1 aromatic heterocycles. The molecular weight excluding hydrogens is 364 g/mol. The van der Waals surface area contributed by atoms with Crippen LogP contribution in [0.5, 0.6) is 0 Å². The maximum Gasteiger partial charge on any atom is 0.329 e. The van der Waals surface area contributed by atoms with Crippen LogP contribution in [0.4, 0.5) is 0 Å². The van der Waals surface area contributed by atoms with Gasteiger partial charge in [-0.3, -0.25) is 9.59 Å². The van der Waals surface area contributed by atoms with E-state index in [1.54, 1.807) is 6.21 Å². The first-order valence-corrected chi connectivity index (χ1v) is 9.37.